The van der Waals surface area contributed by atoms with Crippen LogP contribution in [0.1, 0.15) is 27.8 Å². The van der Waals surface area contributed by atoms with Crippen molar-refractivity contribution >= 4 is 23.3 Å². The Morgan fingerprint density at radius 3 is 2.63 bits per heavy atom. The van der Waals surface area contributed by atoms with Gasteiger partial charge < -0.3 is 14.1 Å². The van der Waals surface area contributed by atoms with E-state index in [0.717, 1.165) is 33.5 Å². The number of ether oxygens (including phenoxy) is 1. The van der Waals surface area contributed by atoms with E-state index in [0.29, 0.717) is 13.2 Å². The molecule has 140 valence electrons. The number of aryl methyl sites for hydroxylation is 2. The van der Waals surface area contributed by atoms with Crippen LogP contribution in [-0.4, -0.2) is 22.8 Å². The van der Waals surface area contributed by atoms with Gasteiger partial charge in [0.15, 0.2) is 0 Å². The molecule has 0 N–H and O–H groups in total. The lowest BCUT2D eigenvalue weighted by molar-refractivity contribution is -0.125. The highest BCUT2D eigenvalue weighted by Crippen LogP contribution is 2.16. The van der Waals surface area contributed by atoms with Crippen LogP contribution >= 0.6 is 11.3 Å². The van der Waals surface area contributed by atoms with Crippen molar-refractivity contribution < 1.29 is 13.9 Å². The molecule has 2 aromatic heterocycles. The summed E-state index contributed by atoms with van der Waals surface area (Å²) >= 11 is 1.61. The van der Waals surface area contributed by atoms with Crippen LogP contribution in [0.3, 0.4) is 0 Å². The number of nitrogens with zero attached hydrogens (tertiary/aromatic N) is 2. The number of carbonyl (C=O) groups excluding carboxylic acids is 1. The first-order chi connectivity index (χ1) is 13.0. The van der Waals surface area contributed by atoms with Crippen LogP contribution in [0, 0.1) is 13.8 Å². The predicted octanol–water partition coefficient (Wildman–Crippen LogP) is 4.60. The van der Waals surface area contributed by atoms with E-state index in [1.165, 1.54) is 0 Å². The molecule has 3 aromatic rings. The van der Waals surface area contributed by atoms with Gasteiger partial charge in [0.25, 0.3) is 0 Å². The Kier molecular flexibility index (Phi) is 6.08. The van der Waals surface area contributed by atoms with Gasteiger partial charge in [-0.1, -0.05) is 12.1 Å². The number of amides is 1. The molecule has 0 spiro atoms. The fourth-order valence-electron chi connectivity index (χ4n) is 2.48. The van der Waals surface area contributed by atoms with Crippen LogP contribution in [-0.2, 0) is 17.9 Å². The zero-order valence-corrected chi connectivity index (χ0v) is 16.5. The number of furan rings is 1. The molecule has 0 saturated carbocycles. The molecule has 27 heavy (non-hydrogen) atoms. The average Bonchev–Trinajstić information content (AvgIpc) is 3.26. The molecule has 0 aliphatic carbocycles. The van der Waals surface area contributed by atoms with Crippen LogP contribution in [0.15, 0.2) is 52.3 Å². The first-order valence-electron chi connectivity index (χ1n) is 8.62. The molecule has 1 aromatic carbocycles. The highest BCUT2D eigenvalue weighted by atomic mass is 32.1. The van der Waals surface area contributed by atoms with Gasteiger partial charge in [-0.2, -0.15) is 0 Å². The van der Waals surface area contributed by atoms with E-state index in [9.17, 15) is 4.79 Å². The number of hydrogen-bond acceptors (Lipinski definition) is 5. The van der Waals surface area contributed by atoms with Crippen molar-refractivity contribution in [3.8, 4) is 5.75 Å². The fraction of sp³-hybridized carbons (Fsp3) is 0.238. The summed E-state index contributed by atoms with van der Waals surface area (Å²) in [6, 6.07) is 11.4. The Morgan fingerprint density at radius 2 is 2.00 bits per heavy atom. The van der Waals surface area contributed by atoms with Gasteiger partial charge in [0.1, 0.15) is 23.9 Å². The third-order valence-corrected chi connectivity index (χ3v) is 4.74. The minimum atomic E-state index is -0.0803. The maximum atomic E-state index is 12.2. The Hall–Kier alpha value is -2.86. The van der Waals surface area contributed by atoms with E-state index >= 15 is 0 Å². The van der Waals surface area contributed by atoms with E-state index in [1.807, 2.05) is 55.6 Å². The summed E-state index contributed by atoms with van der Waals surface area (Å²) in [6.07, 6.45) is 3.35. The Morgan fingerprint density at radius 1 is 1.22 bits per heavy atom. The highest BCUT2D eigenvalue weighted by molar-refractivity contribution is 7.09. The molecule has 1 amide bonds. The number of carbonyl (C=O) groups is 1. The third-order valence-electron chi connectivity index (χ3n) is 3.92. The zero-order valence-electron chi connectivity index (χ0n) is 15.6. The standard InChI is InChI=1S/C21H22N2O3S/c1-15-4-8-20(26-15)12-23(3)21(24)11-7-17-5-9-19(10-6-17)25-13-18-14-27-16(2)22-18/h4-11,14H,12-13H2,1-3H3/b11-7+. The van der Waals surface area contributed by atoms with Crippen LogP contribution in [0.25, 0.3) is 6.08 Å². The number of benzene rings is 1. The summed E-state index contributed by atoms with van der Waals surface area (Å²) in [4.78, 5) is 18.2. The van der Waals surface area contributed by atoms with E-state index in [4.69, 9.17) is 9.15 Å². The van der Waals surface area contributed by atoms with Crippen LogP contribution in [0.2, 0.25) is 0 Å². The summed E-state index contributed by atoms with van der Waals surface area (Å²) in [5.41, 5.74) is 1.87. The molecular formula is C21H22N2O3S. The highest BCUT2D eigenvalue weighted by Gasteiger charge is 2.08. The van der Waals surface area contributed by atoms with Crippen LogP contribution < -0.4 is 4.74 Å². The van der Waals surface area contributed by atoms with Crippen molar-refractivity contribution in [1.29, 1.82) is 0 Å². The Balaban J connectivity index is 1.51. The summed E-state index contributed by atoms with van der Waals surface area (Å²) in [6.45, 7) is 4.76. The van der Waals surface area contributed by atoms with Gasteiger partial charge in [-0.15, -0.1) is 11.3 Å². The van der Waals surface area contributed by atoms with Gasteiger partial charge in [-0.25, -0.2) is 4.98 Å². The lowest BCUT2D eigenvalue weighted by Crippen LogP contribution is -2.23. The molecule has 5 nitrogen and oxygen atoms in total. The number of aromatic nitrogens is 1. The van der Waals surface area contributed by atoms with Crippen LogP contribution in [0.5, 0.6) is 5.75 Å². The van der Waals surface area contributed by atoms with Gasteiger partial charge in [-0.3, -0.25) is 4.79 Å². The van der Waals surface area contributed by atoms with Crippen molar-refractivity contribution in [3.63, 3.8) is 0 Å². The zero-order chi connectivity index (χ0) is 19.2. The van der Waals surface area contributed by atoms with Crippen molar-refractivity contribution in [2.24, 2.45) is 0 Å². The van der Waals surface area contributed by atoms with Gasteiger partial charge in [0.05, 0.1) is 17.2 Å². The Bertz CT molecular complexity index is 925. The molecule has 0 saturated heterocycles. The quantitative estimate of drug-likeness (QED) is 0.560. The molecule has 3 rings (SSSR count). The van der Waals surface area contributed by atoms with Crippen molar-refractivity contribution in [3.05, 3.63) is 75.6 Å². The Labute approximate surface area is 162 Å². The van der Waals surface area contributed by atoms with Crippen molar-refractivity contribution in [2.45, 2.75) is 27.0 Å². The SMILES string of the molecule is Cc1ccc(CN(C)C(=O)/C=C/c2ccc(OCc3csc(C)n3)cc2)o1. The summed E-state index contributed by atoms with van der Waals surface area (Å²) in [5, 5.41) is 3.03. The molecule has 0 unspecified atom stereocenters. The normalized spacial score (nSPS) is 11.1. The van der Waals surface area contributed by atoms with Gasteiger partial charge in [0, 0.05) is 18.5 Å². The molecule has 0 radical (unpaired) electrons. The minimum Gasteiger partial charge on any atom is -0.487 e. The molecule has 2 heterocycles. The first-order valence-corrected chi connectivity index (χ1v) is 9.50. The second kappa shape index (κ2) is 8.68. The number of likely N-dealkylation sites (N-methyl/N-ethyl adjacent to an activating group) is 1. The molecule has 6 heteroatoms. The van der Waals surface area contributed by atoms with Gasteiger partial charge >= 0.3 is 0 Å². The molecule has 0 aliphatic heterocycles. The molecular weight excluding hydrogens is 360 g/mol. The van der Waals surface area contributed by atoms with E-state index in [1.54, 1.807) is 35.4 Å². The largest absolute Gasteiger partial charge is 0.487 e. The topological polar surface area (TPSA) is 55.6 Å². The lowest BCUT2D eigenvalue weighted by atomic mass is 10.2. The lowest BCUT2D eigenvalue weighted by Gasteiger charge is -2.13. The first kappa shape index (κ1) is 18.9. The summed E-state index contributed by atoms with van der Waals surface area (Å²) in [7, 11) is 1.75. The van der Waals surface area contributed by atoms with Crippen molar-refractivity contribution in [2.75, 3.05) is 7.05 Å². The van der Waals surface area contributed by atoms with Crippen LogP contribution in [0.4, 0.5) is 0 Å². The monoisotopic (exact) mass is 382 g/mol. The number of hydrogen-bond donors (Lipinski definition) is 0. The number of rotatable bonds is 7. The van der Waals surface area contributed by atoms with E-state index in [2.05, 4.69) is 4.98 Å². The maximum Gasteiger partial charge on any atom is 0.246 e. The van der Waals surface area contributed by atoms with Crippen molar-refractivity contribution in [1.82, 2.24) is 9.88 Å². The van der Waals surface area contributed by atoms with E-state index in [-0.39, 0.29) is 5.91 Å². The number of thiazole rings is 1. The molecule has 0 bridgehead atoms. The molecule has 0 aliphatic rings. The smallest absolute Gasteiger partial charge is 0.246 e. The second-order valence-corrected chi connectivity index (χ2v) is 7.32. The second-order valence-electron chi connectivity index (χ2n) is 6.26. The predicted molar refractivity (Wildman–Crippen MR) is 107 cm³/mol. The fourth-order valence-corrected chi connectivity index (χ4v) is 3.08. The van der Waals surface area contributed by atoms with Gasteiger partial charge in [-0.05, 0) is 49.8 Å². The van der Waals surface area contributed by atoms with Gasteiger partial charge in [0.2, 0.25) is 5.91 Å². The molecule has 0 fully saturated rings. The minimum absolute atomic E-state index is 0.0803. The summed E-state index contributed by atoms with van der Waals surface area (Å²) in [5.74, 6) is 2.31. The summed E-state index contributed by atoms with van der Waals surface area (Å²) < 4.78 is 11.2. The van der Waals surface area contributed by atoms with E-state index < -0.39 is 0 Å². The average molecular weight is 382 g/mol. The molecule has 0 atom stereocenters. The third kappa shape index (κ3) is 5.56. The maximum absolute atomic E-state index is 12.2.